The molecule has 0 aliphatic carbocycles. The number of hydrogen-bond donors (Lipinski definition) is 0. The van der Waals surface area contributed by atoms with Crippen molar-refractivity contribution >= 4 is 0 Å². The quantitative estimate of drug-likeness (QED) is 0.676. The summed E-state index contributed by atoms with van der Waals surface area (Å²) in [7, 11) is 0. The minimum absolute atomic E-state index is 0.252. The largest absolute Gasteiger partial charge is 0.348 e. The van der Waals surface area contributed by atoms with E-state index in [1.807, 2.05) is 32.1 Å². The lowest BCUT2D eigenvalue weighted by molar-refractivity contribution is -0.154. The number of allylic oxidation sites excluding steroid dienone is 4. The first-order valence-electron chi connectivity index (χ1n) is 5.73. The molecule has 0 spiro atoms. The van der Waals surface area contributed by atoms with Gasteiger partial charge in [0.1, 0.15) is 0 Å². The fourth-order valence-corrected chi connectivity index (χ4v) is 1.21. The molecule has 0 bridgehead atoms. The van der Waals surface area contributed by atoms with Crippen molar-refractivity contribution in [2.24, 2.45) is 0 Å². The summed E-state index contributed by atoms with van der Waals surface area (Å²) < 4.78 is 10.9. The van der Waals surface area contributed by atoms with Gasteiger partial charge in [0.05, 0.1) is 13.2 Å². The van der Waals surface area contributed by atoms with Crippen LogP contribution in [0.4, 0.5) is 0 Å². The highest BCUT2D eigenvalue weighted by atomic mass is 16.7. The summed E-state index contributed by atoms with van der Waals surface area (Å²) in [6, 6.07) is 0. The Morgan fingerprint density at radius 2 is 1.75 bits per heavy atom. The molecule has 0 aromatic carbocycles. The fraction of sp³-hybridized carbons (Fsp3) is 0.429. The number of rotatable bonds is 4. The molecule has 0 atom stereocenters. The SMILES string of the molecule is C=C/C=C\C(=C/C=C)C1OCCCO1.CC. The molecule has 90 valence electrons. The van der Waals surface area contributed by atoms with Gasteiger partial charge in [-0.2, -0.15) is 0 Å². The molecule has 0 saturated carbocycles. The van der Waals surface area contributed by atoms with E-state index in [9.17, 15) is 0 Å². The van der Waals surface area contributed by atoms with Gasteiger partial charge in [-0.1, -0.05) is 57.4 Å². The van der Waals surface area contributed by atoms with E-state index in [-0.39, 0.29) is 6.29 Å². The Balaban J connectivity index is 0.00000106. The van der Waals surface area contributed by atoms with E-state index in [0.717, 1.165) is 25.2 Å². The molecule has 1 saturated heterocycles. The second-order valence-corrected chi connectivity index (χ2v) is 2.92. The lowest BCUT2D eigenvalue weighted by atomic mass is 10.2. The van der Waals surface area contributed by atoms with E-state index in [1.165, 1.54) is 0 Å². The summed E-state index contributed by atoms with van der Waals surface area (Å²) in [6.07, 6.45) is 9.82. The van der Waals surface area contributed by atoms with E-state index in [2.05, 4.69) is 13.2 Å². The second-order valence-electron chi connectivity index (χ2n) is 2.92. The van der Waals surface area contributed by atoms with E-state index in [4.69, 9.17) is 9.47 Å². The molecular weight excluding hydrogens is 200 g/mol. The maximum absolute atomic E-state index is 5.47. The molecule has 0 N–H and O–H groups in total. The third kappa shape index (κ3) is 5.69. The van der Waals surface area contributed by atoms with Crippen LogP contribution < -0.4 is 0 Å². The first-order valence-corrected chi connectivity index (χ1v) is 5.73. The number of hydrogen-bond acceptors (Lipinski definition) is 2. The van der Waals surface area contributed by atoms with Crippen LogP contribution in [0.5, 0.6) is 0 Å². The number of ether oxygens (including phenoxy) is 2. The van der Waals surface area contributed by atoms with Crippen LogP contribution in [0, 0.1) is 0 Å². The normalized spacial score (nSPS) is 17.8. The molecule has 1 aliphatic heterocycles. The molecule has 0 amide bonds. The lowest BCUT2D eigenvalue weighted by Crippen LogP contribution is -2.26. The molecule has 1 rings (SSSR count). The summed E-state index contributed by atoms with van der Waals surface area (Å²) in [5, 5.41) is 0. The highest BCUT2D eigenvalue weighted by Crippen LogP contribution is 2.15. The van der Waals surface area contributed by atoms with Gasteiger partial charge in [-0.15, -0.1) is 0 Å². The second kappa shape index (κ2) is 10.4. The predicted octanol–water partition coefficient (Wildman–Crippen LogP) is 3.63. The first-order chi connectivity index (χ1) is 7.88. The van der Waals surface area contributed by atoms with Crippen LogP contribution in [0.15, 0.2) is 49.1 Å². The van der Waals surface area contributed by atoms with Crippen LogP contribution >= 0.6 is 0 Å². The van der Waals surface area contributed by atoms with Crippen molar-refractivity contribution in [1.82, 2.24) is 0 Å². The van der Waals surface area contributed by atoms with Crippen molar-refractivity contribution in [3.8, 4) is 0 Å². The Labute approximate surface area is 99.0 Å². The van der Waals surface area contributed by atoms with Gasteiger partial charge in [0.15, 0.2) is 6.29 Å². The third-order valence-corrected chi connectivity index (χ3v) is 1.83. The molecule has 1 fully saturated rings. The van der Waals surface area contributed by atoms with Gasteiger partial charge in [-0.05, 0) is 6.42 Å². The van der Waals surface area contributed by atoms with Crippen molar-refractivity contribution in [2.75, 3.05) is 13.2 Å². The van der Waals surface area contributed by atoms with Gasteiger partial charge in [0, 0.05) is 5.57 Å². The summed E-state index contributed by atoms with van der Waals surface area (Å²) in [6.45, 7) is 12.8. The molecular formula is C14H22O2. The van der Waals surface area contributed by atoms with E-state index in [1.54, 1.807) is 12.2 Å². The summed E-state index contributed by atoms with van der Waals surface area (Å²) in [5.74, 6) is 0. The zero-order valence-electron chi connectivity index (χ0n) is 10.3. The summed E-state index contributed by atoms with van der Waals surface area (Å²) >= 11 is 0. The first kappa shape index (κ1) is 14.9. The minimum atomic E-state index is -0.252. The van der Waals surface area contributed by atoms with Gasteiger partial charge >= 0.3 is 0 Å². The molecule has 0 unspecified atom stereocenters. The highest BCUT2D eigenvalue weighted by molar-refractivity contribution is 5.27. The van der Waals surface area contributed by atoms with Crippen LogP contribution in [0.1, 0.15) is 20.3 Å². The van der Waals surface area contributed by atoms with Crippen molar-refractivity contribution < 1.29 is 9.47 Å². The summed E-state index contributed by atoms with van der Waals surface area (Å²) in [5.41, 5.74) is 0.972. The lowest BCUT2D eigenvalue weighted by Gasteiger charge is -2.23. The third-order valence-electron chi connectivity index (χ3n) is 1.83. The smallest absolute Gasteiger partial charge is 0.183 e. The molecule has 0 aromatic rings. The maximum atomic E-state index is 5.47. The average Bonchev–Trinajstić information content (AvgIpc) is 2.38. The van der Waals surface area contributed by atoms with Gasteiger partial charge in [-0.25, -0.2) is 0 Å². The van der Waals surface area contributed by atoms with Gasteiger partial charge in [0.2, 0.25) is 0 Å². The van der Waals surface area contributed by atoms with Crippen LogP contribution in [-0.2, 0) is 9.47 Å². The van der Waals surface area contributed by atoms with E-state index < -0.39 is 0 Å². The Hall–Kier alpha value is -1.12. The van der Waals surface area contributed by atoms with Gasteiger partial charge < -0.3 is 9.47 Å². The fourth-order valence-electron chi connectivity index (χ4n) is 1.21. The zero-order chi connectivity index (χ0) is 12.2. The van der Waals surface area contributed by atoms with Crippen LogP contribution in [0.3, 0.4) is 0 Å². The van der Waals surface area contributed by atoms with E-state index >= 15 is 0 Å². The standard InChI is InChI=1S/C12H16O2.C2H6/c1-3-5-8-11(7-4-2)12-13-9-6-10-14-12;1-2/h3-5,7-8,12H,1-2,6,9-10H2;1-2H3/b8-5-,11-7+;. The molecule has 2 heteroatoms. The Morgan fingerprint density at radius 1 is 1.12 bits per heavy atom. The van der Waals surface area contributed by atoms with Gasteiger partial charge in [0.25, 0.3) is 0 Å². The zero-order valence-corrected chi connectivity index (χ0v) is 10.3. The molecule has 0 aromatic heterocycles. The van der Waals surface area contributed by atoms with Gasteiger partial charge in [-0.3, -0.25) is 0 Å². The van der Waals surface area contributed by atoms with Crippen molar-refractivity contribution in [1.29, 1.82) is 0 Å². The monoisotopic (exact) mass is 222 g/mol. The predicted molar refractivity (Wildman–Crippen MR) is 69.3 cm³/mol. The molecule has 1 aliphatic rings. The minimum Gasteiger partial charge on any atom is -0.348 e. The average molecular weight is 222 g/mol. The van der Waals surface area contributed by atoms with Crippen molar-refractivity contribution in [3.63, 3.8) is 0 Å². The molecule has 2 nitrogen and oxygen atoms in total. The van der Waals surface area contributed by atoms with Crippen molar-refractivity contribution in [2.45, 2.75) is 26.6 Å². The van der Waals surface area contributed by atoms with Crippen molar-refractivity contribution in [3.05, 3.63) is 49.1 Å². The van der Waals surface area contributed by atoms with Crippen LogP contribution in [-0.4, -0.2) is 19.5 Å². The molecule has 16 heavy (non-hydrogen) atoms. The van der Waals surface area contributed by atoms with E-state index in [0.29, 0.717) is 0 Å². The summed E-state index contributed by atoms with van der Waals surface area (Å²) in [4.78, 5) is 0. The Kier molecular flexibility index (Phi) is 9.67. The topological polar surface area (TPSA) is 18.5 Å². The Bertz CT molecular complexity index is 245. The highest BCUT2D eigenvalue weighted by Gasteiger charge is 2.16. The molecule has 0 radical (unpaired) electrons. The van der Waals surface area contributed by atoms with Crippen LogP contribution in [0.25, 0.3) is 0 Å². The Morgan fingerprint density at radius 3 is 2.25 bits per heavy atom. The van der Waals surface area contributed by atoms with Crippen LogP contribution in [0.2, 0.25) is 0 Å². The molecule has 1 heterocycles. The maximum Gasteiger partial charge on any atom is 0.183 e.